The molecule has 0 aromatic carbocycles. The van der Waals surface area contributed by atoms with Crippen molar-refractivity contribution in [3.63, 3.8) is 0 Å². The molecule has 1 heterocycles. The third-order valence-corrected chi connectivity index (χ3v) is 2.20. The lowest BCUT2D eigenvalue weighted by atomic mass is 10.1. The molecule has 1 aromatic heterocycles. The largest absolute Gasteiger partial charge is 0.475 e. The van der Waals surface area contributed by atoms with Crippen LogP contribution in [0.25, 0.3) is 0 Å². The highest BCUT2D eigenvalue weighted by molar-refractivity contribution is 5.17. The van der Waals surface area contributed by atoms with Gasteiger partial charge in [-0.25, -0.2) is 4.98 Å². The third-order valence-electron chi connectivity index (χ3n) is 2.20. The van der Waals surface area contributed by atoms with E-state index in [1.54, 1.807) is 7.11 Å². The minimum atomic E-state index is 0.0921. The highest BCUT2D eigenvalue weighted by atomic mass is 16.5. The molecule has 0 saturated heterocycles. The van der Waals surface area contributed by atoms with Crippen LogP contribution in [0.4, 0.5) is 0 Å². The second kappa shape index (κ2) is 5.71. The summed E-state index contributed by atoms with van der Waals surface area (Å²) in [5, 5.41) is 0. The van der Waals surface area contributed by atoms with Crippen molar-refractivity contribution in [2.45, 2.75) is 32.8 Å². The van der Waals surface area contributed by atoms with Crippen molar-refractivity contribution in [2.75, 3.05) is 13.7 Å². The predicted molar refractivity (Wildman–Crippen MR) is 60.3 cm³/mol. The fourth-order valence-electron chi connectivity index (χ4n) is 1.10. The van der Waals surface area contributed by atoms with Crippen molar-refractivity contribution < 1.29 is 9.47 Å². The van der Waals surface area contributed by atoms with Gasteiger partial charge in [-0.2, -0.15) is 0 Å². The molecule has 15 heavy (non-hydrogen) atoms. The van der Waals surface area contributed by atoms with E-state index in [4.69, 9.17) is 9.47 Å². The standard InChI is InChI=1S/C12H19NO2/c1-9(2)11-6-5-7-12(13-11)15-8-10(3)14-4/h5-7,9-10H,8H2,1-4H3/t10-/m1/s1. The van der Waals surface area contributed by atoms with E-state index in [1.807, 2.05) is 25.1 Å². The molecule has 0 fully saturated rings. The Kier molecular flexibility index (Phi) is 4.56. The zero-order valence-corrected chi connectivity index (χ0v) is 9.86. The van der Waals surface area contributed by atoms with Gasteiger partial charge in [0.2, 0.25) is 5.88 Å². The van der Waals surface area contributed by atoms with Crippen LogP contribution in [0, 0.1) is 0 Å². The van der Waals surface area contributed by atoms with E-state index in [-0.39, 0.29) is 6.10 Å². The van der Waals surface area contributed by atoms with Gasteiger partial charge >= 0.3 is 0 Å². The number of pyridine rings is 1. The maximum absolute atomic E-state index is 5.51. The van der Waals surface area contributed by atoms with E-state index >= 15 is 0 Å². The van der Waals surface area contributed by atoms with Crippen molar-refractivity contribution in [1.82, 2.24) is 4.98 Å². The van der Waals surface area contributed by atoms with Crippen LogP contribution in [0.5, 0.6) is 5.88 Å². The molecule has 0 saturated carbocycles. The highest BCUT2D eigenvalue weighted by Gasteiger charge is 2.04. The lowest BCUT2D eigenvalue weighted by Crippen LogP contribution is -2.16. The molecule has 3 nitrogen and oxygen atoms in total. The van der Waals surface area contributed by atoms with E-state index < -0.39 is 0 Å². The molecule has 0 aliphatic carbocycles. The molecule has 0 unspecified atom stereocenters. The maximum atomic E-state index is 5.51. The Labute approximate surface area is 91.4 Å². The Hall–Kier alpha value is -1.09. The Morgan fingerprint density at radius 3 is 2.60 bits per heavy atom. The first-order valence-corrected chi connectivity index (χ1v) is 5.26. The first-order chi connectivity index (χ1) is 7.13. The second-order valence-corrected chi connectivity index (χ2v) is 3.91. The number of nitrogens with zero attached hydrogens (tertiary/aromatic N) is 1. The topological polar surface area (TPSA) is 31.4 Å². The summed E-state index contributed by atoms with van der Waals surface area (Å²) < 4.78 is 10.6. The van der Waals surface area contributed by atoms with Gasteiger partial charge in [-0.05, 0) is 18.9 Å². The van der Waals surface area contributed by atoms with Crippen LogP contribution in [-0.4, -0.2) is 24.8 Å². The van der Waals surface area contributed by atoms with Gasteiger partial charge in [-0.15, -0.1) is 0 Å². The van der Waals surface area contributed by atoms with Crippen LogP contribution in [0.1, 0.15) is 32.4 Å². The van der Waals surface area contributed by atoms with E-state index in [9.17, 15) is 0 Å². The fraction of sp³-hybridized carbons (Fsp3) is 0.583. The molecular formula is C12H19NO2. The zero-order chi connectivity index (χ0) is 11.3. The summed E-state index contributed by atoms with van der Waals surface area (Å²) >= 11 is 0. The summed E-state index contributed by atoms with van der Waals surface area (Å²) in [7, 11) is 1.67. The molecule has 1 atom stereocenters. The second-order valence-electron chi connectivity index (χ2n) is 3.91. The van der Waals surface area contributed by atoms with Crippen LogP contribution in [0.15, 0.2) is 18.2 Å². The summed E-state index contributed by atoms with van der Waals surface area (Å²) in [6.07, 6.45) is 0.0921. The average molecular weight is 209 g/mol. The van der Waals surface area contributed by atoms with Crippen LogP contribution in [-0.2, 0) is 4.74 Å². The van der Waals surface area contributed by atoms with Gasteiger partial charge in [-0.1, -0.05) is 19.9 Å². The Morgan fingerprint density at radius 2 is 2.00 bits per heavy atom. The smallest absolute Gasteiger partial charge is 0.213 e. The van der Waals surface area contributed by atoms with Gasteiger partial charge < -0.3 is 9.47 Å². The van der Waals surface area contributed by atoms with Crippen molar-refractivity contribution in [3.8, 4) is 5.88 Å². The normalized spacial score (nSPS) is 12.9. The van der Waals surface area contributed by atoms with Crippen molar-refractivity contribution in [2.24, 2.45) is 0 Å². The third kappa shape index (κ3) is 3.88. The Morgan fingerprint density at radius 1 is 1.27 bits per heavy atom. The lowest BCUT2D eigenvalue weighted by molar-refractivity contribution is 0.0698. The van der Waals surface area contributed by atoms with Crippen molar-refractivity contribution >= 4 is 0 Å². The van der Waals surface area contributed by atoms with E-state index in [0.29, 0.717) is 18.4 Å². The molecule has 0 amide bonds. The number of ether oxygens (including phenoxy) is 2. The van der Waals surface area contributed by atoms with Crippen LogP contribution >= 0.6 is 0 Å². The molecule has 0 radical (unpaired) electrons. The molecule has 1 rings (SSSR count). The summed E-state index contributed by atoms with van der Waals surface area (Å²) in [6, 6.07) is 5.85. The van der Waals surface area contributed by atoms with Crippen LogP contribution < -0.4 is 4.74 Å². The SMILES string of the molecule is CO[C@H](C)COc1cccc(C(C)C)n1. The molecule has 84 valence electrons. The monoisotopic (exact) mass is 209 g/mol. The van der Waals surface area contributed by atoms with Gasteiger partial charge in [-0.3, -0.25) is 0 Å². The number of hydrogen-bond acceptors (Lipinski definition) is 3. The van der Waals surface area contributed by atoms with Crippen LogP contribution in [0.2, 0.25) is 0 Å². The Bertz CT molecular complexity index is 299. The van der Waals surface area contributed by atoms with Crippen molar-refractivity contribution in [1.29, 1.82) is 0 Å². The van der Waals surface area contributed by atoms with Gasteiger partial charge in [0, 0.05) is 18.9 Å². The lowest BCUT2D eigenvalue weighted by Gasteiger charge is -2.12. The minimum absolute atomic E-state index is 0.0921. The molecule has 0 N–H and O–H groups in total. The zero-order valence-electron chi connectivity index (χ0n) is 9.86. The van der Waals surface area contributed by atoms with Crippen molar-refractivity contribution in [3.05, 3.63) is 23.9 Å². The number of rotatable bonds is 5. The van der Waals surface area contributed by atoms with E-state index in [0.717, 1.165) is 5.69 Å². The quantitative estimate of drug-likeness (QED) is 0.747. The van der Waals surface area contributed by atoms with Gasteiger partial charge in [0.1, 0.15) is 6.61 Å². The minimum Gasteiger partial charge on any atom is -0.475 e. The highest BCUT2D eigenvalue weighted by Crippen LogP contribution is 2.15. The predicted octanol–water partition coefficient (Wildman–Crippen LogP) is 2.62. The van der Waals surface area contributed by atoms with E-state index in [1.165, 1.54) is 0 Å². The van der Waals surface area contributed by atoms with Gasteiger partial charge in [0.25, 0.3) is 0 Å². The number of methoxy groups -OCH3 is 1. The maximum Gasteiger partial charge on any atom is 0.213 e. The molecule has 0 bridgehead atoms. The number of aromatic nitrogens is 1. The number of hydrogen-bond donors (Lipinski definition) is 0. The Balaban J connectivity index is 2.58. The summed E-state index contributed by atoms with van der Waals surface area (Å²) in [5.74, 6) is 1.10. The molecule has 0 aliphatic heterocycles. The molecular weight excluding hydrogens is 190 g/mol. The molecule has 0 spiro atoms. The summed E-state index contributed by atoms with van der Waals surface area (Å²) in [6.45, 7) is 6.73. The molecule has 0 aliphatic rings. The first kappa shape index (κ1) is 12.0. The van der Waals surface area contributed by atoms with Gasteiger partial charge in [0.15, 0.2) is 0 Å². The van der Waals surface area contributed by atoms with Crippen LogP contribution in [0.3, 0.4) is 0 Å². The van der Waals surface area contributed by atoms with E-state index in [2.05, 4.69) is 18.8 Å². The summed E-state index contributed by atoms with van der Waals surface area (Å²) in [4.78, 5) is 4.40. The molecule has 1 aromatic rings. The fourth-order valence-corrected chi connectivity index (χ4v) is 1.10. The van der Waals surface area contributed by atoms with Gasteiger partial charge in [0.05, 0.1) is 6.10 Å². The molecule has 3 heteroatoms. The summed E-state index contributed by atoms with van der Waals surface area (Å²) in [5.41, 5.74) is 1.05. The average Bonchev–Trinajstić information content (AvgIpc) is 2.26. The first-order valence-electron chi connectivity index (χ1n) is 5.26.